The Balaban J connectivity index is 1.95. The van der Waals surface area contributed by atoms with E-state index in [1.165, 1.54) is 4.90 Å². The minimum Gasteiger partial charge on any atom is -0.487 e. The predicted octanol–water partition coefficient (Wildman–Crippen LogP) is 0.736. The van der Waals surface area contributed by atoms with Crippen LogP contribution in [0.4, 0.5) is 5.69 Å². The van der Waals surface area contributed by atoms with Crippen LogP contribution in [0.25, 0.3) is 0 Å². The Labute approximate surface area is 139 Å². The lowest BCUT2D eigenvalue weighted by atomic mass is 10.2. The topological polar surface area (TPSA) is 79.9 Å². The van der Waals surface area contributed by atoms with E-state index in [4.69, 9.17) is 21.1 Å². The van der Waals surface area contributed by atoms with Crippen LogP contribution in [-0.2, 0) is 14.3 Å². The summed E-state index contributed by atoms with van der Waals surface area (Å²) in [4.78, 5) is 25.0. The van der Waals surface area contributed by atoms with Gasteiger partial charge in [-0.25, -0.2) is 0 Å². The Morgan fingerprint density at radius 3 is 3.00 bits per heavy atom. The van der Waals surface area contributed by atoms with Crippen molar-refractivity contribution in [2.24, 2.45) is 0 Å². The third kappa shape index (κ3) is 5.01. The average Bonchev–Trinajstić information content (AvgIpc) is 2.54. The molecule has 8 heteroatoms. The van der Waals surface area contributed by atoms with Gasteiger partial charge in [-0.05, 0) is 12.1 Å². The number of methoxy groups -OCH3 is 1. The number of hydrogen-bond donors (Lipinski definition) is 2. The molecule has 0 radical (unpaired) electrons. The molecule has 0 saturated carbocycles. The molecule has 1 heterocycles. The Bertz CT molecular complexity index is 568. The maximum absolute atomic E-state index is 12.2. The second-order valence-corrected chi connectivity index (χ2v) is 5.38. The third-order valence-electron chi connectivity index (χ3n) is 3.32. The summed E-state index contributed by atoms with van der Waals surface area (Å²) < 4.78 is 10.5. The summed E-state index contributed by atoms with van der Waals surface area (Å²) in [6.45, 7) is 1.94. The fourth-order valence-corrected chi connectivity index (χ4v) is 2.39. The van der Waals surface area contributed by atoms with Gasteiger partial charge in [0.2, 0.25) is 11.8 Å². The van der Waals surface area contributed by atoms with Crippen molar-refractivity contribution in [3.05, 3.63) is 23.2 Å². The Morgan fingerprint density at radius 1 is 1.43 bits per heavy atom. The fourth-order valence-electron chi connectivity index (χ4n) is 2.16. The number of nitrogens with zero attached hydrogens (tertiary/aromatic N) is 1. The fraction of sp³-hybridized carbons (Fsp3) is 0.467. The molecule has 23 heavy (non-hydrogen) atoms. The summed E-state index contributed by atoms with van der Waals surface area (Å²) in [5, 5.41) is 6.16. The predicted molar refractivity (Wildman–Crippen MR) is 86.9 cm³/mol. The third-order valence-corrected chi connectivity index (χ3v) is 3.62. The minimum absolute atomic E-state index is 0.0638. The molecule has 1 saturated heterocycles. The Kier molecular flexibility index (Phi) is 6.49. The number of benzene rings is 1. The number of nitrogens with one attached hydrogen (secondary N) is 2. The highest BCUT2D eigenvalue weighted by Gasteiger charge is 2.21. The van der Waals surface area contributed by atoms with Crippen molar-refractivity contribution in [3.63, 3.8) is 0 Å². The van der Waals surface area contributed by atoms with Crippen LogP contribution in [0, 0.1) is 0 Å². The molecule has 0 aromatic heterocycles. The average molecular weight is 342 g/mol. The monoisotopic (exact) mass is 341 g/mol. The maximum atomic E-state index is 12.2. The van der Waals surface area contributed by atoms with E-state index in [9.17, 15) is 9.59 Å². The Morgan fingerprint density at radius 2 is 2.26 bits per heavy atom. The Hall–Kier alpha value is -1.99. The summed E-state index contributed by atoms with van der Waals surface area (Å²) in [6, 6.07) is 5.27. The molecular formula is C15H20ClN3O4. The number of piperazine rings is 1. The largest absolute Gasteiger partial charge is 0.487 e. The van der Waals surface area contributed by atoms with Crippen LogP contribution in [0.3, 0.4) is 0 Å². The van der Waals surface area contributed by atoms with E-state index in [1.54, 1.807) is 25.3 Å². The number of hydrogen-bond acceptors (Lipinski definition) is 5. The van der Waals surface area contributed by atoms with Gasteiger partial charge in [0, 0.05) is 20.2 Å². The van der Waals surface area contributed by atoms with Crippen molar-refractivity contribution in [1.82, 2.24) is 10.2 Å². The van der Waals surface area contributed by atoms with E-state index in [-0.39, 0.29) is 24.9 Å². The summed E-state index contributed by atoms with van der Waals surface area (Å²) >= 11 is 6.14. The summed E-state index contributed by atoms with van der Waals surface area (Å²) in [7, 11) is 1.59. The highest BCUT2D eigenvalue weighted by Crippen LogP contribution is 2.32. The van der Waals surface area contributed by atoms with Crippen molar-refractivity contribution in [2.45, 2.75) is 0 Å². The lowest BCUT2D eigenvalue weighted by Crippen LogP contribution is -2.51. The van der Waals surface area contributed by atoms with Crippen LogP contribution in [-0.4, -0.2) is 63.2 Å². The molecule has 0 unspecified atom stereocenters. The summed E-state index contributed by atoms with van der Waals surface area (Å²) in [5.74, 6) is 0.189. The first-order valence-electron chi connectivity index (χ1n) is 7.30. The van der Waals surface area contributed by atoms with Gasteiger partial charge < -0.3 is 25.0 Å². The van der Waals surface area contributed by atoms with Gasteiger partial charge in [-0.2, -0.15) is 0 Å². The number of carbonyl (C=O) groups excluding carboxylic acids is 2. The number of rotatable bonds is 7. The second-order valence-electron chi connectivity index (χ2n) is 4.98. The van der Waals surface area contributed by atoms with Crippen LogP contribution < -0.4 is 15.4 Å². The van der Waals surface area contributed by atoms with Crippen molar-refractivity contribution < 1.29 is 19.1 Å². The second kappa shape index (κ2) is 8.59. The minimum atomic E-state index is -0.150. The molecule has 2 N–H and O–H groups in total. The van der Waals surface area contributed by atoms with Crippen molar-refractivity contribution in [2.75, 3.05) is 51.8 Å². The van der Waals surface area contributed by atoms with Crippen LogP contribution in [0.5, 0.6) is 5.75 Å². The number of anilines is 1. The van der Waals surface area contributed by atoms with Gasteiger partial charge in [0.05, 0.1) is 30.4 Å². The van der Waals surface area contributed by atoms with Crippen LogP contribution in [0.1, 0.15) is 0 Å². The zero-order valence-electron chi connectivity index (χ0n) is 12.9. The number of para-hydroxylation sites is 1. The van der Waals surface area contributed by atoms with Gasteiger partial charge in [0.25, 0.3) is 0 Å². The van der Waals surface area contributed by atoms with Gasteiger partial charge in [-0.15, -0.1) is 0 Å². The summed E-state index contributed by atoms with van der Waals surface area (Å²) in [6.07, 6.45) is 0. The van der Waals surface area contributed by atoms with Gasteiger partial charge in [0.1, 0.15) is 6.61 Å². The first kappa shape index (κ1) is 17.4. The molecule has 0 spiro atoms. The highest BCUT2D eigenvalue weighted by molar-refractivity contribution is 6.32. The first-order valence-corrected chi connectivity index (χ1v) is 7.68. The van der Waals surface area contributed by atoms with Crippen molar-refractivity contribution >= 4 is 29.1 Å². The summed E-state index contributed by atoms with van der Waals surface area (Å²) in [5.41, 5.74) is 0.628. The standard InChI is InChI=1S/C15H20ClN3O4/c1-22-7-8-23-15-11(16)3-2-4-12(15)18-9-14(21)19-6-5-17-13(20)10-19/h2-4,18H,5-10H2,1H3,(H,17,20). The molecule has 0 aliphatic carbocycles. The van der Waals surface area contributed by atoms with Crippen LogP contribution in [0.2, 0.25) is 5.02 Å². The van der Waals surface area contributed by atoms with Gasteiger partial charge in [-0.3, -0.25) is 9.59 Å². The number of halogens is 1. The first-order chi connectivity index (χ1) is 11.1. The number of carbonyl (C=O) groups is 2. The van der Waals surface area contributed by atoms with Crippen LogP contribution in [0.15, 0.2) is 18.2 Å². The van der Waals surface area contributed by atoms with E-state index in [0.717, 1.165) is 0 Å². The smallest absolute Gasteiger partial charge is 0.242 e. The van der Waals surface area contributed by atoms with Crippen molar-refractivity contribution in [1.29, 1.82) is 0 Å². The molecule has 1 fully saturated rings. The number of amides is 2. The zero-order valence-corrected chi connectivity index (χ0v) is 13.7. The molecule has 126 valence electrons. The normalized spacial score (nSPS) is 14.3. The SMILES string of the molecule is COCCOc1c(Cl)cccc1NCC(=O)N1CCNC(=O)C1. The molecule has 1 aliphatic heterocycles. The van der Waals surface area contributed by atoms with E-state index < -0.39 is 0 Å². The molecule has 1 aromatic rings. The van der Waals surface area contributed by atoms with E-state index in [2.05, 4.69) is 10.6 Å². The van der Waals surface area contributed by atoms with Gasteiger partial charge in [0.15, 0.2) is 5.75 Å². The highest BCUT2D eigenvalue weighted by atomic mass is 35.5. The molecule has 7 nitrogen and oxygen atoms in total. The van der Waals surface area contributed by atoms with Crippen LogP contribution >= 0.6 is 11.6 Å². The molecule has 1 aliphatic rings. The van der Waals surface area contributed by atoms with E-state index in [1.807, 2.05) is 0 Å². The molecule has 2 rings (SSSR count). The van der Waals surface area contributed by atoms with E-state index in [0.29, 0.717) is 42.8 Å². The molecule has 2 amide bonds. The quantitative estimate of drug-likeness (QED) is 0.715. The molecule has 0 bridgehead atoms. The van der Waals surface area contributed by atoms with Gasteiger partial charge >= 0.3 is 0 Å². The van der Waals surface area contributed by atoms with Gasteiger partial charge in [-0.1, -0.05) is 17.7 Å². The molecule has 1 aromatic carbocycles. The van der Waals surface area contributed by atoms with E-state index >= 15 is 0 Å². The lowest BCUT2D eigenvalue weighted by molar-refractivity contribution is -0.136. The zero-order chi connectivity index (χ0) is 16.7. The maximum Gasteiger partial charge on any atom is 0.242 e. The lowest BCUT2D eigenvalue weighted by Gasteiger charge is -2.27. The van der Waals surface area contributed by atoms with Crippen molar-refractivity contribution in [3.8, 4) is 5.75 Å². The molecular weight excluding hydrogens is 322 g/mol. The molecule has 0 atom stereocenters. The number of ether oxygens (including phenoxy) is 2.